The lowest BCUT2D eigenvalue weighted by Crippen LogP contribution is -2.28. The normalized spacial score (nSPS) is 21.6. The fraction of sp³-hybridized carbons (Fsp3) is 0.600. The average molecular weight is 194 g/mol. The third-order valence-corrected chi connectivity index (χ3v) is 2.55. The van der Waals surface area contributed by atoms with E-state index in [9.17, 15) is 4.79 Å². The first-order chi connectivity index (χ1) is 6.66. The maximum atomic E-state index is 11.8. The van der Waals surface area contributed by atoms with E-state index >= 15 is 0 Å². The molecule has 0 aromatic carbocycles. The number of oxazole rings is 1. The van der Waals surface area contributed by atoms with Gasteiger partial charge in [0, 0.05) is 20.0 Å². The number of aryl methyl sites for hydroxylation is 1. The van der Waals surface area contributed by atoms with Gasteiger partial charge in [0.1, 0.15) is 6.26 Å². The lowest BCUT2D eigenvalue weighted by Gasteiger charge is -2.13. The van der Waals surface area contributed by atoms with Crippen molar-refractivity contribution in [2.24, 2.45) is 5.92 Å². The van der Waals surface area contributed by atoms with Crippen LogP contribution in [0.5, 0.6) is 0 Å². The molecule has 0 bridgehead atoms. The highest BCUT2D eigenvalue weighted by Crippen LogP contribution is 2.17. The van der Waals surface area contributed by atoms with Gasteiger partial charge in [-0.1, -0.05) is 6.92 Å². The summed E-state index contributed by atoms with van der Waals surface area (Å²) in [6, 6.07) is 0. The molecule has 1 aromatic rings. The number of hydrogen-bond donors (Lipinski definition) is 0. The number of carbonyl (C=O) groups is 1. The molecule has 0 saturated carbocycles. The molecule has 1 amide bonds. The highest BCUT2D eigenvalue weighted by Gasteiger charge is 2.25. The molecule has 1 aromatic heterocycles. The first-order valence-electron chi connectivity index (χ1n) is 4.88. The number of rotatable bonds is 1. The summed E-state index contributed by atoms with van der Waals surface area (Å²) in [4.78, 5) is 17.7. The fourth-order valence-electron chi connectivity index (χ4n) is 1.74. The zero-order valence-corrected chi connectivity index (χ0v) is 8.49. The van der Waals surface area contributed by atoms with Crippen LogP contribution >= 0.6 is 0 Å². The molecular weight excluding hydrogens is 180 g/mol. The number of carbonyl (C=O) groups excluding carboxylic acids is 1. The van der Waals surface area contributed by atoms with Gasteiger partial charge in [-0.3, -0.25) is 4.79 Å². The van der Waals surface area contributed by atoms with E-state index in [0.717, 1.165) is 19.5 Å². The average Bonchev–Trinajstić information content (AvgIpc) is 2.73. The SMILES string of the molecule is Cc1nc(C(=O)N2CCC(C)C2)co1. The number of amides is 1. The van der Waals surface area contributed by atoms with E-state index in [2.05, 4.69) is 11.9 Å². The van der Waals surface area contributed by atoms with Crippen molar-refractivity contribution in [2.45, 2.75) is 20.3 Å². The molecule has 1 aliphatic heterocycles. The molecule has 2 heterocycles. The maximum Gasteiger partial charge on any atom is 0.275 e. The second-order valence-corrected chi connectivity index (χ2v) is 3.90. The molecule has 1 unspecified atom stereocenters. The van der Waals surface area contributed by atoms with Crippen LogP contribution in [0.15, 0.2) is 10.7 Å². The predicted octanol–water partition coefficient (Wildman–Crippen LogP) is 1.47. The van der Waals surface area contributed by atoms with Crippen LogP contribution in [0.2, 0.25) is 0 Å². The fourth-order valence-corrected chi connectivity index (χ4v) is 1.74. The van der Waals surface area contributed by atoms with E-state index in [1.807, 2.05) is 4.90 Å². The summed E-state index contributed by atoms with van der Waals surface area (Å²) < 4.78 is 5.01. The van der Waals surface area contributed by atoms with Gasteiger partial charge in [0.05, 0.1) is 0 Å². The first-order valence-corrected chi connectivity index (χ1v) is 4.88. The Morgan fingerprint density at radius 2 is 2.50 bits per heavy atom. The van der Waals surface area contributed by atoms with Crippen molar-refractivity contribution in [3.8, 4) is 0 Å². The van der Waals surface area contributed by atoms with Crippen molar-refractivity contribution >= 4 is 5.91 Å². The second kappa shape index (κ2) is 3.44. The van der Waals surface area contributed by atoms with Gasteiger partial charge in [0.25, 0.3) is 5.91 Å². The molecule has 0 N–H and O–H groups in total. The van der Waals surface area contributed by atoms with Gasteiger partial charge in [-0.15, -0.1) is 0 Å². The van der Waals surface area contributed by atoms with Gasteiger partial charge in [0.2, 0.25) is 0 Å². The van der Waals surface area contributed by atoms with E-state index in [0.29, 0.717) is 17.5 Å². The molecule has 1 atom stereocenters. The van der Waals surface area contributed by atoms with Crippen LogP contribution in [-0.4, -0.2) is 28.9 Å². The Morgan fingerprint density at radius 1 is 1.71 bits per heavy atom. The second-order valence-electron chi connectivity index (χ2n) is 3.90. The summed E-state index contributed by atoms with van der Waals surface area (Å²) in [7, 11) is 0. The summed E-state index contributed by atoms with van der Waals surface area (Å²) in [6.45, 7) is 5.57. The minimum absolute atomic E-state index is 0.00815. The Morgan fingerprint density at radius 3 is 3.00 bits per heavy atom. The monoisotopic (exact) mass is 194 g/mol. The number of aromatic nitrogens is 1. The predicted molar refractivity (Wildman–Crippen MR) is 50.9 cm³/mol. The lowest BCUT2D eigenvalue weighted by molar-refractivity contribution is 0.0782. The third kappa shape index (κ3) is 1.64. The van der Waals surface area contributed by atoms with Crippen molar-refractivity contribution in [3.63, 3.8) is 0 Å². The van der Waals surface area contributed by atoms with E-state index in [1.54, 1.807) is 6.92 Å². The Labute approximate surface area is 82.9 Å². The number of hydrogen-bond acceptors (Lipinski definition) is 3. The standard InChI is InChI=1S/C10H14N2O2/c1-7-3-4-12(5-7)10(13)9-6-14-8(2)11-9/h6-7H,3-5H2,1-2H3. The van der Waals surface area contributed by atoms with Crippen molar-refractivity contribution in [1.29, 1.82) is 0 Å². The molecule has 0 spiro atoms. The molecular formula is C10H14N2O2. The van der Waals surface area contributed by atoms with Gasteiger partial charge in [0.15, 0.2) is 11.6 Å². The highest BCUT2D eigenvalue weighted by atomic mass is 16.3. The van der Waals surface area contributed by atoms with Gasteiger partial charge in [-0.2, -0.15) is 0 Å². The summed E-state index contributed by atoms with van der Waals surface area (Å²) in [5, 5.41) is 0. The van der Waals surface area contributed by atoms with E-state index in [1.165, 1.54) is 6.26 Å². The summed E-state index contributed by atoms with van der Waals surface area (Å²) in [5.74, 6) is 1.14. The number of likely N-dealkylation sites (tertiary alicyclic amines) is 1. The molecule has 76 valence electrons. The summed E-state index contributed by atoms with van der Waals surface area (Å²) in [6.07, 6.45) is 2.52. The van der Waals surface area contributed by atoms with Gasteiger partial charge >= 0.3 is 0 Å². The minimum Gasteiger partial charge on any atom is -0.448 e. The molecule has 1 saturated heterocycles. The molecule has 2 rings (SSSR count). The quantitative estimate of drug-likeness (QED) is 0.680. The molecule has 1 fully saturated rings. The highest BCUT2D eigenvalue weighted by molar-refractivity contribution is 5.92. The smallest absolute Gasteiger partial charge is 0.275 e. The maximum absolute atomic E-state index is 11.8. The van der Waals surface area contributed by atoms with E-state index in [-0.39, 0.29) is 5.91 Å². The van der Waals surface area contributed by atoms with Gasteiger partial charge in [-0.05, 0) is 12.3 Å². The van der Waals surface area contributed by atoms with Crippen molar-refractivity contribution in [3.05, 3.63) is 17.8 Å². The zero-order chi connectivity index (χ0) is 10.1. The van der Waals surface area contributed by atoms with Gasteiger partial charge < -0.3 is 9.32 Å². The zero-order valence-electron chi connectivity index (χ0n) is 8.49. The van der Waals surface area contributed by atoms with Crippen LogP contribution in [0, 0.1) is 12.8 Å². The topological polar surface area (TPSA) is 46.3 Å². The lowest BCUT2D eigenvalue weighted by atomic mass is 10.2. The largest absolute Gasteiger partial charge is 0.448 e. The molecule has 0 aliphatic carbocycles. The van der Waals surface area contributed by atoms with Crippen LogP contribution in [0.3, 0.4) is 0 Å². The Balaban J connectivity index is 2.09. The van der Waals surface area contributed by atoms with Crippen LogP contribution in [0.4, 0.5) is 0 Å². The summed E-state index contributed by atoms with van der Waals surface area (Å²) in [5.41, 5.74) is 0.427. The summed E-state index contributed by atoms with van der Waals surface area (Å²) >= 11 is 0. The Hall–Kier alpha value is -1.32. The Kier molecular flexibility index (Phi) is 2.27. The molecule has 4 heteroatoms. The van der Waals surface area contributed by atoms with Crippen LogP contribution in [-0.2, 0) is 0 Å². The molecule has 0 radical (unpaired) electrons. The van der Waals surface area contributed by atoms with Crippen LogP contribution < -0.4 is 0 Å². The van der Waals surface area contributed by atoms with Crippen molar-refractivity contribution in [2.75, 3.05) is 13.1 Å². The molecule has 1 aliphatic rings. The first kappa shape index (κ1) is 9.24. The van der Waals surface area contributed by atoms with Gasteiger partial charge in [-0.25, -0.2) is 4.98 Å². The van der Waals surface area contributed by atoms with E-state index in [4.69, 9.17) is 4.42 Å². The molecule has 4 nitrogen and oxygen atoms in total. The third-order valence-electron chi connectivity index (χ3n) is 2.55. The van der Waals surface area contributed by atoms with E-state index < -0.39 is 0 Å². The van der Waals surface area contributed by atoms with Crippen molar-refractivity contribution in [1.82, 2.24) is 9.88 Å². The van der Waals surface area contributed by atoms with Crippen molar-refractivity contribution < 1.29 is 9.21 Å². The molecule has 14 heavy (non-hydrogen) atoms. The van der Waals surface area contributed by atoms with Crippen LogP contribution in [0.1, 0.15) is 29.7 Å². The number of nitrogens with zero attached hydrogens (tertiary/aromatic N) is 2. The van der Waals surface area contributed by atoms with Crippen LogP contribution in [0.25, 0.3) is 0 Å². The Bertz CT molecular complexity index is 346. The minimum atomic E-state index is -0.00815.